The summed E-state index contributed by atoms with van der Waals surface area (Å²) >= 11 is 0. The minimum atomic E-state index is -4.78. The van der Waals surface area contributed by atoms with Crippen LogP contribution in [0.4, 0.5) is 13.2 Å². The van der Waals surface area contributed by atoms with E-state index in [4.69, 9.17) is 0 Å². The molecule has 1 saturated carbocycles. The van der Waals surface area contributed by atoms with Gasteiger partial charge in [-0.2, -0.15) is 5.10 Å². The number of hydrogen-bond donors (Lipinski definition) is 1. The number of carbonyl (C=O) groups excluding carboxylic acids is 1. The van der Waals surface area contributed by atoms with Crippen molar-refractivity contribution in [2.75, 3.05) is 6.54 Å². The highest BCUT2D eigenvalue weighted by molar-refractivity contribution is 5.94. The predicted molar refractivity (Wildman–Crippen MR) is 85.9 cm³/mol. The van der Waals surface area contributed by atoms with Gasteiger partial charge < -0.3 is 10.1 Å². The first-order valence-electron chi connectivity index (χ1n) is 8.04. The summed E-state index contributed by atoms with van der Waals surface area (Å²) in [5, 5.41) is 6.88. The Morgan fingerprint density at radius 1 is 1.19 bits per heavy atom. The number of nitrogens with zero attached hydrogens (tertiary/aromatic N) is 2. The smallest absolute Gasteiger partial charge is 0.406 e. The van der Waals surface area contributed by atoms with E-state index >= 15 is 0 Å². The van der Waals surface area contributed by atoms with Crippen molar-refractivity contribution < 1.29 is 22.7 Å². The molecule has 1 heterocycles. The zero-order valence-corrected chi connectivity index (χ0v) is 13.6. The Labute approximate surface area is 146 Å². The molecule has 1 aliphatic rings. The van der Waals surface area contributed by atoms with Crippen molar-refractivity contribution in [2.24, 2.45) is 0 Å². The first-order chi connectivity index (χ1) is 12.3. The Bertz CT molecular complexity index is 843. The zero-order valence-electron chi connectivity index (χ0n) is 13.6. The van der Waals surface area contributed by atoms with Crippen molar-refractivity contribution in [2.45, 2.75) is 31.7 Å². The predicted octanol–water partition coefficient (Wildman–Crippen LogP) is 2.45. The Kier molecular flexibility index (Phi) is 4.97. The summed E-state index contributed by atoms with van der Waals surface area (Å²) in [7, 11) is 0. The Morgan fingerprint density at radius 2 is 1.88 bits per heavy atom. The average Bonchev–Trinajstić information content (AvgIpc) is 3.40. The van der Waals surface area contributed by atoms with Crippen LogP contribution in [-0.2, 0) is 6.54 Å². The van der Waals surface area contributed by atoms with E-state index in [9.17, 15) is 22.8 Å². The lowest BCUT2D eigenvalue weighted by Gasteiger charge is -2.10. The molecule has 138 valence electrons. The third kappa shape index (κ3) is 4.84. The highest BCUT2D eigenvalue weighted by Gasteiger charge is 2.31. The van der Waals surface area contributed by atoms with E-state index in [-0.39, 0.29) is 24.2 Å². The number of benzene rings is 1. The van der Waals surface area contributed by atoms with Gasteiger partial charge in [0.25, 0.3) is 11.5 Å². The molecular formula is C17H16F3N3O3. The summed E-state index contributed by atoms with van der Waals surface area (Å²) in [6.07, 6.45) is -2.65. The second-order valence-electron chi connectivity index (χ2n) is 5.92. The summed E-state index contributed by atoms with van der Waals surface area (Å²) < 4.78 is 41.4. The largest absolute Gasteiger partial charge is 0.573 e. The Morgan fingerprint density at radius 3 is 2.50 bits per heavy atom. The van der Waals surface area contributed by atoms with Crippen LogP contribution in [0.5, 0.6) is 5.75 Å². The van der Waals surface area contributed by atoms with Crippen LogP contribution < -0.4 is 15.6 Å². The van der Waals surface area contributed by atoms with Gasteiger partial charge in [-0.25, -0.2) is 4.68 Å². The lowest BCUT2D eigenvalue weighted by Crippen LogP contribution is -2.32. The normalized spacial score (nSPS) is 14.1. The SMILES string of the molecule is O=C(NCCn1nc(C2CC2)ccc1=O)c1ccc(OC(F)(F)F)cc1. The second-order valence-corrected chi connectivity index (χ2v) is 5.92. The van der Waals surface area contributed by atoms with E-state index in [0.717, 1.165) is 30.7 Å². The third-order valence-corrected chi connectivity index (χ3v) is 3.84. The monoisotopic (exact) mass is 367 g/mol. The van der Waals surface area contributed by atoms with Crippen molar-refractivity contribution in [1.82, 2.24) is 15.1 Å². The standard InChI is InChI=1S/C17H16F3N3O3/c18-17(19,20)26-13-5-3-12(4-6-13)16(25)21-9-10-23-15(24)8-7-14(22-23)11-1-2-11/h3-8,11H,1-2,9-10H2,(H,21,25). The van der Waals surface area contributed by atoms with Gasteiger partial charge in [-0.1, -0.05) is 0 Å². The van der Waals surface area contributed by atoms with Gasteiger partial charge in [-0.3, -0.25) is 9.59 Å². The van der Waals surface area contributed by atoms with Gasteiger partial charge in [0.15, 0.2) is 0 Å². The van der Waals surface area contributed by atoms with Crippen LogP contribution >= 0.6 is 0 Å². The minimum absolute atomic E-state index is 0.167. The van der Waals surface area contributed by atoms with Gasteiger partial charge in [-0.15, -0.1) is 13.2 Å². The van der Waals surface area contributed by atoms with Gasteiger partial charge in [0.2, 0.25) is 0 Å². The third-order valence-electron chi connectivity index (χ3n) is 3.84. The van der Waals surface area contributed by atoms with Gasteiger partial charge in [0, 0.05) is 24.1 Å². The zero-order chi connectivity index (χ0) is 18.7. The molecule has 1 amide bonds. The fraction of sp³-hybridized carbons (Fsp3) is 0.353. The molecule has 9 heteroatoms. The van der Waals surface area contributed by atoms with Gasteiger partial charge in [0.1, 0.15) is 5.75 Å². The molecule has 3 rings (SSSR count). The molecule has 26 heavy (non-hydrogen) atoms. The van der Waals surface area contributed by atoms with E-state index < -0.39 is 18.0 Å². The number of amides is 1. The molecule has 6 nitrogen and oxygen atoms in total. The van der Waals surface area contributed by atoms with Crippen molar-refractivity contribution in [3.63, 3.8) is 0 Å². The summed E-state index contributed by atoms with van der Waals surface area (Å²) in [5.74, 6) is -0.453. The molecule has 1 N–H and O–H groups in total. The quantitative estimate of drug-likeness (QED) is 0.851. The van der Waals surface area contributed by atoms with Crippen LogP contribution in [0.2, 0.25) is 0 Å². The maximum absolute atomic E-state index is 12.1. The number of ether oxygens (including phenoxy) is 1. The molecule has 1 aliphatic carbocycles. The van der Waals surface area contributed by atoms with E-state index in [0.29, 0.717) is 5.92 Å². The first kappa shape index (κ1) is 18.0. The van der Waals surface area contributed by atoms with Gasteiger partial charge >= 0.3 is 6.36 Å². The van der Waals surface area contributed by atoms with Crippen LogP contribution in [0.3, 0.4) is 0 Å². The lowest BCUT2D eigenvalue weighted by molar-refractivity contribution is -0.274. The number of nitrogens with one attached hydrogen (secondary N) is 1. The summed E-state index contributed by atoms with van der Waals surface area (Å²) in [6, 6.07) is 7.77. The fourth-order valence-corrected chi connectivity index (χ4v) is 2.41. The highest BCUT2D eigenvalue weighted by atomic mass is 19.4. The number of aromatic nitrogens is 2. The lowest BCUT2D eigenvalue weighted by atomic mass is 10.2. The molecule has 1 aromatic carbocycles. The van der Waals surface area contributed by atoms with E-state index in [1.54, 1.807) is 6.07 Å². The van der Waals surface area contributed by atoms with E-state index in [1.165, 1.54) is 22.9 Å². The number of rotatable bonds is 6. The maximum atomic E-state index is 12.1. The number of halogens is 3. The summed E-state index contributed by atoms with van der Waals surface area (Å²) in [6.45, 7) is 0.376. The molecule has 0 bridgehead atoms. The van der Waals surface area contributed by atoms with Crippen LogP contribution in [0.1, 0.15) is 34.8 Å². The summed E-state index contributed by atoms with van der Waals surface area (Å²) in [4.78, 5) is 23.8. The maximum Gasteiger partial charge on any atom is 0.573 e. The fourth-order valence-electron chi connectivity index (χ4n) is 2.41. The molecular weight excluding hydrogens is 351 g/mol. The number of alkyl halides is 3. The molecule has 0 unspecified atom stereocenters. The summed E-state index contributed by atoms with van der Waals surface area (Å²) in [5.41, 5.74) is 0.806. The molecule has 2 aromatic rings. The van der Waals surface area contributed by atoms with Crippen molar-refractivity contribution in [3.05, 3.63) is 58.0 Å². The van der Waals surface area contributed by atoms with Gasteiger partial charge in [-0.05, 0) is 43.2 Å². The molecule has 0 spiro atoms. The van der Waals surface area contributed by atoms with Crippen molar-refractivity contribution in [1.29, 1.82) is 0 Å². The molecule has 1 aromatic heterocycles. The van der Waals surface area contributed by atoms with E-state index in [1.807, 2.05) is 0 Å². The number of carbonyl (C=O) groups is 1. The van der Waals surface area contributed by atoms with E-state index in [2.05, 4.69) is 15.2 Å². The highest BCUT2D eigenvalue weighted by Crippen LogP contribution is 2.38. The molecule has 0 aliphatic heterocycles. The molecule has 0 atom stereocenters. The first-order valence-corrected chi connectivity index (χ1v) is 8.04. The molecule has 0 saturated heterocycles. The minimum Gasteiger partial charge on any atom is -0.406 e. The van der Waals surface area contributed by atoms with Crippen LogP contribution in [0.25, 0.3) is 0 Å². The molecule has 1 fully saturated rings. The van der Waals surface area contributed by atoms with Crippen LogP contribution in [0, 0.1) is 0 Å². The van der Waals surface area contributed by atoms with Crippen molar-refractivity contribution in [3.8, 4) is 5.75 Å². The molecule has 0 radical (unpaired) electrons. The Balaban J connectivity index is 1.54. The topological polar surface area (TPSA) is 73.2 Å². The Hall–Kier alpha value is -2.84. The number of hydrogen-bond acceptors (Lipinski definition) is 4. The van der Waals surface area contributed by atoms with Crippen LogP contribution in [-0.4, -0.2) is 28.6 Å². The van der Waals surface area contributed by atoms with Crippen LogP contribution in [0.15, 0.2) is 41.2 Å². The average molecular weight is 367 g/mol. The van der Waals surface area contributed by atoms with Crippen molar-refractivity contribution >= 4 is 5.91 Å². The van der Waals surface area contributed by atoms with Gasteiger partial charge in [0.05, 0.1) is 12.2 Å². The second kappa shape index (κ2) is 7.19.